The lowest BCUT2D eigenvalue weighted by molar-refractivity contribution is -0.384. The van der Waals surface area contributed by atoms with Crippen LogP contribution in [0, 0.1) is 10.1 Å². The van der Waals surface area contributed by atoms with Crippen LogP contribution < -0.4 is 14.8 Å². The Morgan fingerprint density at radius 3 is 1.94 bits per heavy atom. The normalized spacial score (nSPS) is 11.7. The van der Waals surface area contributed by atoms with Gasteiger partial charge in [-0.15, -0.1) is 0 Å². The maximum atomic E-state index is 11.9. The number of nitro benzene ring substituents is 1. The predicted molar refractivity (Wildman–Crippen MR) is 111 cm³/mol. The third-order valence-electron chi connectivity index (χ3n) is 3.80. The van der Waals surface area contributed by atoms with Crippen LogP contribution in [0.4, 0.5) is 15.3 Å². The Labute approximate surface area is 183 Å². The summed E-state index contributed by atoms with van der Waals surface area (Å²) in [5.74, 6) is -1.04. The van der Waals surface area contributed by atoms with Crippen molar-refractivity contribution in [1.82, 2.24) is 5.32 Å². The van der Waals surface area contributed by atoms with Crippen LogP contribution in [0.1, 0.15) is 26.3 Å². The van der Waals surface area contributed by atoms with Gasteiger partial charge in [0.2, 0.25) is 0 Å². The minimum Gasteiger partial charge on any atom is -0.480 e. The van der Waals surface area contributed by atoms with E-state index in [9.17, 15) is 29.6 Å². The number of hydrogen-bond acceptors (Lipinski definition) is 8. The fourth-order valence-corrected chi connectivity index (χ4v) is 2.43. The molecule has 2 N–H and O–H groups in total. The number of hydrogen-bond donors (Lipinski definition) is 2. The van der Waals surface area contributed by atoms with E-state index in [0.717, 1.165) is 0 Å². The average molecular weight is 446 g/mol. The van der Waals surface area contributed by atoms with Crippen molar-refractivity contribution >= 4 is 23.9 Å². The molecular formula is C21H22N2O9. The molecule has 0 aliphatic carbocycles. The van der Waals surface area contributed by atoms with E-state index < -0.39 is 34.8 Å². The van der Waals surface area contributed by atoms with Gasteiger partial charge in [0.05, 0.1) is 4.92 Å². The van der Waals surface area contributed by atoms with Crippen LogP contribution in [0.5, 0.6) is 11.5 Å². The van der Waals surface area contributed by atoms with Crippen LogP contribution in [0.25, 0.3) is 0 Å². The SMILES string of the molecule is CC(C)(C)OC(=O)NC(Cc1ccc(OC(=O)Oc2ccc([N+](=O)[O-])cc2)cc1)C(=O)O. The number of aliphatic carboxylic acids is 1. The molecule has 0 spiro atoms. The van der Waals surface area contributed by atoms with Gasteiger partial charge in [-0.05, 0) is 50.6 Å². The molecular weight excluding hydrogens is 424 g/mol. The number of nitrogens with one attached hydrogen (secondary N) is 1. The number of carbonyl (C=O) groups is 3. The summed E-state index contributed by atoms with van der Waals surface area (Å²) in [5.41, 5.74) is -0.360. The van der Waals surface area contributed by atoms with Gasteiger partial charge in [-0.25, -0.2) is 14.4 Å². The highest BCUT2D eigenvalue weighted by molar-refractivity contribution is 5.80. The molecule has 0 heterocycles. The van der Waals surface area contributed by atoms with E-state index in [1.54, 1.807) is 20.8 Å². The summed E-state index contributed by atoms with van der Waals surface area (Å²) in [4.78, 5) is 45.2. The number of carboxylic acids is 1. The van der Waals surface area contributed by atoms with E-state index in [-0.39, 0.29) is 23.6 Å². The number of nitro groups is 1. The summed E-state index contributed by atoms with van der Waals surface area (Å²) in [5, 5.41) is 22.3. The molecule has 0 saturated heterocycles. The Balaban J connectivity index is 1.93. The van der Waals surface area contributed by atoms with Crippen molar-refractivity contribution in [3.8, 4) is 11.5 Å². The summed E-state index contributed by atoms with van der Waals surface area (Å²) in [6.07, 6.45) is -1.93. The highest BCUT2D eigenvalue weighted by Gasteiger charge is 2.24. The van der Waals surface area contributed by atoms with Gasteiger partial charge in [-0.2, -0.15) is 0 Å². The zero-order valence-corrected chi connectivity index (χ0v) is 17.6. The Bertz CT molecular complexity index is 980. The van der Waals surface area contributed by atoms with Crippen LogP contribution in [-0.2, 0) is 16.0 Å². The molecule has 2 aromatic carbocycles. The molecule has 1 amide bonds. The van der Waals surface area contributed by atoms with Crippen molar-refractivity contribution in [3.05, 3.63) is 64.2 Å². The molecule has 11 nitrogen and oxygen atoms in total. The first kappa shape index (κ1) is 24.1. The summed E-state index contributed by atoms with van der Waals surface area (Å²) < 4.78 is 15.0. The lowest BCUT2D eigenvalue weighted by Crippen LogP contribution is -2.44. The van der Waals surface area contributed by atoms with Crippen LogP contribution in [0.15, 0.2) is 48.5 Å². The third-order valence-corrected chi connectivity index (χ3v) is 3.80. The lowest BCUT2D eigenvalue weighted by Gasteiger charge is -2.22. The molecule has 0 fully saturated rings. The standard InChI is InChI=1S/C21H22N2O9/c1-21(2,3)32-19(26)22-17(18(24)25)12-13-4-8-15(9-5-13)30-20(27)31-16-10-6-14(7-11-16)23(28)29/h4-11,17H,12H2,1-3H3,(H,22,26)(H,24,25). The highest BCUT2D eigenvalue weighted by Crippen LogP contribution is 2.19. The number of rotatable bonds is 7. The quantitative estimate of drug-likeness (QED) is 0.280. The van der Waals surface area contributed by atoms with E-state index in [1.165, 1.54) is 48.5 Å². The van der Waals surface area contributed by atoms with E-state index >= 15 is 0 Å². The molecule has 1 atom stereocenters. The van der Waals surface area contributed by atoms with E-state index in [4.69, 9.17) is 14.2 Å². The summed E-state index contributed by atoms with van der Waals surface area (Å²) in [6, 6.07) is 9.57. The Morgan fingerprint density at radius 1 is 1.00 bits per heavy atom. The largest absolute Gasteiger partial charge is 0.519 e. The monoisotopic (exact) mass is 446 g/mol. The maximum absolute atomic E-state index is 11.9. The van der Waals surface area contributed by atoms with Crippen molar-refractivity contribution in [3.63, 3.8) is 0 Å². The maximum Gasteiger partial charge on any atom is 0.519 e. The molecule has 0 aliphatic rings. The first-order valence-electron chi connectivity index (χ1n) is 9.38. The number of carbonyl (C=O) groups excluding carboxylic acids is 2. The van der Waals surface area contributed by atoms with Gasteiger partial charge in [0, 0.05) is 18.6 Å². The second-order valence-corrected chi connectivity index (χ2v) is 7.59. The first-order valence-corrected chi connectivity index (χ1v) is 9.38. The van der Waals surface area contributed by atoms with Gasteiger partial charge in [-0.3, -0.25) is 10.1 Å². The molecule has 2 aromatic rings. The van der Waals surface area contributed by atoms with Gasteiger partial charge in [0.15, 0.2) is 0 Å². The molecule has 32 heavy (non-hydrogen) atoms. The van der Waals surface area contributed by atoms with Gasteiger partial charge < -0.3 is 24.6 Å². The summed E-state index contributed by atoms with van der Waals surface area (Å²) in [6.45, 7) is 4.98. The summed E-state index contributed by atoms with van der Waals surface area (Å²) >= 11 is 0. The number of alkyl carbamates (subject to hydrolysis) is 1. The molecule has 0 radical (unpaired) electrons. The first-order chi connectivity index (χ1) is 14.9. The van der Waals surface area contributed by atoms with Crippen molar-refractivity contribution in [2.75, 3.05) is 0 Å². The molecule has 1 unspecified atom stereocenters. The molecule has 170 valence electrons. The molecule has 0 aromatic heterocycles. The van der Waals surface area contributed by atoms with Crippen molar-refractivity contribution in [2.45, 2.75) is 38.8 Å². The molecule has 0 saturated carbocycles. The third kappa shape index (κ3) is 7.94. The molecule has 0 bridgehead atoms. The van der Waals surface area contributed by atoms with Crippen molar-refractivity contribution in [1.29, 1.82) is 0 Å². The predicted octanol–water partition coefficient (Wildman–Crippen LogP) is 3.69. The fraction of sp³-hybridized carbons (Fsp3) is 0.286. The number of amides is 1. The van der Waals surface area contributed by atoms with Gasteiger partial charge in [-0.1, -0.05) is 12.1 Å². The second kappa shape index (κ2) is 10.2. The smallest absolute Gasteiger partial charge is 0.480 e. The van der Waals surface area contributed by atoms with Crippen LogP contribution in [0.2, 0.25) is 0 Å². The van der Waals surface area contributed by atoms with Crippen LogP contribution >= 0.6 is 0 Å². The molecule has 11 heteroatoms. The van der Waals surface area contributed by atoms with Gasteiger partial charge in [0.1, 0.15) is 23.1 Å². The zero-order chi connectivity index (χ0) is 23.9. The minimum atomic E-state index is -1.23. The zero-order valence-electron chi connectivity index (χ0n) is 17.6. The number of non-ortho nitro benzene ring substituents is 1. The molecule has 0 aliphatic heterocycles. The Hall–Kier alpha value is -4.15. The van der Waals surface area contributed by atoms with Gasteiger partial charge >= 0.3 is 18.2 Å². The average Bonchev–Trinajstić information content (AvgIpc) is 2.67. The van der Waals surface area contributed by atoms with E-state index in [2.05, 4.69) is 5.32 Å². The van der Waals surface area contributed by atoms with Crippen LogP contribution in [-0.4, -0.2) is 39.9 Å². The minimum absolute atomic E-state index is 0.0257. The second-order valence-electron chi connectivity index (χ2n) is 7.59. The van der Waals surface area contributed by atoms with Gasteiger partial charge in [0.25, 0.3) is 5.69 Å². The Kier molecular flexibility index (Phi) is 7.72. The Morgan fingerprint density at radius 2 is 1.50 bits per heavy atom. The van der Waals surface area contributed by atoms with E-state index in [0.29, 0.717) is 5.56 Å². The lowest BCUT2D eigenvalue weighted by atomic mass is 10.1. The van der Waals surface area contributed by atoms with Crippen molar-refractivity contribution in [2.24, 2.45) is 0 Å². The van der Waals surface area contributed by atoms with Crippen LogP contribution in [0.3, 0.4) is 0 Å². The fourth-order valence-electron chi connectivity index (χ4n) is 2.43. The summed E-state index contributed by atoms with van der Waals surface area (Å²) in [7, 11) is 0. The number of carboxylic acid groups (broad SMARTS) is 1. The number of ether oxygens (including phenoxy) is 3. The highest BCUT2D eigenvalue weighted by atomic mass is 16.7. The number of nitrogens with zero attached hydrogens (tertiary/aromatic N) is 1. The van der Waals surface area contributed by atoms with Crippen molar-refractivity contribution < 1.29 is 38.6 Å². The molecule has 2 rings (SSSR count). The number of benzene rings is 2. The van der Waals surface area contributed by atoms with E-state index in [1.807, 2.05) is 0 Å². The topological polar surface area (TPSA) is 154 Å².